The number of hydrogen-bond donors (Lipinski definition) is 0. The lowest BCUT2D eigenvalue weighted by Crippen LogP contribution is -2.27. The number of carbonyl (C=O) groups is 1. The van der Waals surface area contributed by atoms with Crippen molar-refractivity contribution in [3.8, 4) is 0 Å². The fraction of sp³-hybridized carbons (Fsp3) is 0.500. The van der Waals surface area contributed by atoms with E-state index in [2.05, 4.69) is 6.92 Å². The molecule has 0 radical (unpaired) electrons. The number of rotatable bonds is 2. The molecular formula is C20H23NO2S. The molecular weight excluding hydrogens is 318 g/mol. The Bertz CT molecular complexity index is 849. The van der Waals surface area contributed by atoms with Gasteiger partial charge in [0.05, 0.1) is 0 Å². The zero-order valence-corrected chi connectivity index (χ0v) is 15.0. The lowest BCUT2D eigenvalue weighted by atomic mass is 9.86. The van der Waals surface area contributed by atoms with Crippen molar-refractivity contribution in [3.05, 3.63) is 44.4 Å². The van der Waals surface area contributed by atoms with Crippen LogP contribution in [-0.2, 0) is 12.8 Å². The average molecular weight is 341 g/mol. The van der Waals surface area contributed by atoms with Crippen LogP contribution in [0.5, 0.6) is 0 Å². The summed E-state index contributed by atoms with van der Waals surface area (Å²) in [5.74, 6) is 0.804. The minimum absolute atomic E-state index is 0.109. The van der Waals surface area contributed by atoms with Gasteiger partial charge in [0.25, 0.3) is 5.91 Å². The molecule has 1 unspecified atom stereocenters. The Morgan fingerprint density at radius 3 is 2.83 bits per heavy atom. The van der Waals surface area contributed by atoms with Crippen LogP contribution in [0.3, 0.4) is 0 Å². The second-order valence-electron chi connectivity index (χ2n) is 7.06. The van der Waals surface area contributed by atoms with E-state index < -0.39 is 0 Å². The van der Waals surface area contributed by atoms with Gasteiger partial charge in [-0.25, -0.2) is 0 Å². The first-order valence-corrected chi connectivity index (χ1v) is 9.87. The molecule has 0 N–H and O–H groups in total. The van der Waals surface area contributed by atoms with E-state index in [0.717, 1.165) is 66.4 Å². The Morgan fingerprint density at radius 1 is 1.29 bits per heavy atom. The predicted octanol–water partition coefficient (Wildman–Crippen LogP) is 4.01. The molecule has 1 aromatic carbocycles. The fourth-order valence-electron chi connectivity index (χ4n) is 3.99. The van der Waals surface area contributed by atoms with Crippen LogP contribution in [0.2, 0.25) is 0 Å². The molecule has 0 saturated carbocycles. The first kappa shape index (κ1) is 15.8. The number of benzene rings is 1. The maximum absolute atomic E-state index is 12.8. The highest BCUT2D eigenvalue weighted by atomic mass is 32.1. The second-order valence-corrected chi connectivity index (χ2v) is 8.20. The molecule has 1 saturated heterocycles. The Labute approximate surface area is 146 Å². The largest absolute Gasteiger partial charge is 0.339 e. The molecule has 2 heterocycles. The molecule has 1 atom stereocenters. The highest BCUT2D eigenvalue weighted by molar-refractivity contribution is 7.18. The van der Waals surface area contributed by atoms with Crippen molar-refractivity contribution < 1.29 is 4.79 Å². The normalized spacial score (nSPS) is 20.4. The van der Waals surface area contributed by atoms with Gasteiger partial charge >= 0.3 is 0 Å². The van der Waals surface area contributed by atoms with E-state index in [4.69, 9.17) is 0 Å². The summed E-state index contributed by atoms with van der Waals surface area (Å²) in [4.78, 5) is 28.6. The topological polar surface area (TPSA) is 37.4 Å². The van der Waals surface area contributed by atoms with Gasteiger partial charge in [-0.2, -0.15) is 0 Å². The molecule has 1 aromatic heterocycles. The van der Waals surface area contributed by atoms with Crippen molar-refractivity contribution in [1.82, 2.24) is 4.90 Å². The summed E-state index contributed by atoms with van der Waals surface area (Å²) >= 11 is 1.73. The zero-order valence-electron chi connectivity index (χ0n) is 14.1. The Kier molecular flexibility index (Phi) is 4.17. The molecule has 126 valence electrons. The summed E-state index contributed by atoms with van der Waals surface area (Å²) in [6.07, 6.45) is 6.42. The summed E-state index contributed by atoms with van der Waals surface area (Å²) in [7, 11) is 0. The summed E-state index contributed by atoms with van der Waals surface area (Å²) in [5, 5.41) is 0.784. The van der Waals surface area contributed by atoms with Gasteiger partial charge in [-0.3, -0.25) is 9.59 Å². The molecule has 3 nitrogen and oxygen atoms in total. The van der Waals surface area contributed by atoms with E-state index in [0.29, 0.717) is 5.92 Å². The van der Waals surface area contributed by atoms with Crippen LogP contribution in [0, 0.1) is 5.92 Å². The average Bonchev–Trinajstić information content (AvgIpc) is 3.15. The summed E-state index contributed by atoms with van der Waals surface area (Å²) in [6, 6.07) is 5.64. The third-order valence-electron chi connectivity index (χ3n) is 5.56. The second kappa shape index (κ2) is 6.32. The van der Waals surface area contributed by atoms with Crippen LogP contribution in [0.1, 0.15) is 53.4 Å². The maximum atomic E-state index is 12.8. The predicted molar refractivity (Wildman–Crippen MR) is 99.0 cm³/mol. The van der Waals surface area contributed by atoms with Gasteiger partial charge in [-0.15, -0.1) is 11.3 Å². The van der Waals surface area contributed by atoms with Crippen molar-refractivity contribution in [2.45, 2.75) is 45.4 Å². The number of likely N-dealkylation sites (tertiary alicyclic amines) is 1. The van der Waals surface area contributed by atoms with Crippen molar-refractivity contribution in [1.29, 1.82) is 0 Å². The SMILES string of the molecule is CCC1CCc2c(sc3cc(C(=O)N4CCCC4)ccc3c2=O)C1. The van der Waals surface area contributed by atoms with Gasteiger partial charge < -0.3 is 4.90 Å². The van der Waals surface area contributed by atoms with E-state index in [9.17, 15) is 9.59 Å². The standard InChI is InChI=1S/C20H23NO2S/c1-2-13-5-7-15-17(11-13)24-18-12-14(6-8-16(18)19(15)22)20(23)21-9-3-4-10-21/h6,8,12-13H,2-5,7,9-11H2,1H3. The Morgan fingerprint density at radius 2 is 2.08 bits per heavy atom. The van der Waals surface area contributed by atoms with Gasteiger partial charge in [0, 0.05) is 39.2 Å². The molecule has 0 spiro atoms. The van der Waals surface area contributed by atoms with Gasteiger partial charge in [0.2, 0.25) is 0 Å². The minimum Gasteiger partial charge on any atom is -0.339 e. The first-order valence-electron chi connectivity index (χ1n) is 9.05. The van der Waals surface area contributed by atoms with Crippen LogP contribution in [-0.4, -0.2) is 23.9 Å². The molecule has 1 amide bonds. The van der Waals surface area contributed by atoms with E-state index in [1.54, 1.807) is 11.3 Å². The molecule has 2 aromatic rings. The number of nitrogens with zero attached hydrogens (tertiary/aromatic N) is 1. The number of carbonyl (C=O) groups excluding carboxylic acids is 1. The molecule has 4 rings (SSSR count). The Hall–Kier alpha value is -1.68. The highest BCUT2D eigenvalue weighted by Gasteiger charge is 2.23. The first-order chi connectivity index (χ1) is 11.7. The highest BCUT2D eigenvalue weighted by Crippen LogP contribution is 2.32. The molecule has 1 aliphatic heterocycles. The monoisotopic (exact) mass is 341 g/mol. The van der Waals surface area contributed by atoms with Crippen LogP contribution in [0.25, 0.3) is 10.1 Å². The van der Waals surface area contributed by atoms with Crippen molar-refractivity contribution in [2.24, 2.45) is 5.92 Å². The van der Waals surface area contributed by atoms with Crippen LogP contribution in [0.4, 0.5) is 0 Å². The number of hydrogen-bond acceptors (Lipinski definition) is 3. The molecule has 0 bridgehead atoms. The molecule has 24 heavy (non-hydrogen) atoms. The van der Waals surface area contributed by atoms with E-state index in [1.165, 1.54) is 11.3 Å². The zero-order chi connectivity index (χ0) is 16.7. The van der Waals surface area contributed by atoms with Crippen molar-refractivity contribution in [2.75, 3.05) is 13.1 Å². The van der Waals surface area contributed by atoms with Gasteiger partial charge in [0.1, 0.15) is 0 Å². The molecule has 1 aliphatic carbocycles. The minimum atomic E-state index is 0.109. The van der Waals surface area contributed by atoms with Crippen LogP contribution < -0.4 is 5.43 Å². The van der Waals surface area contributed by atoms with Crippen LogP contribution in [0.15, 0.2) is 23.0 Å². The molecule has 1 fully saturated rings. The smallest absolute Gasteiger partial charge is 0.253 e. The third kappa shape index (κ3) is 2.67. The summed E-state index contributed by atoms with van der Waals surface area (Å²) in [5.41, 5.74) is 1.94. The quantitative estimate of drug-likeness (QED) is 0.827. The summed E-state index contributed by atoms with van der Waals surface area (Å²) < 4.78 is 0.973. The lowest BCUT2D eigenvalue weighted by molar-refractivity contribution is 0.0793. The fourth-order valence-corrected chi connectivity index (χ4v) is 5.35. The molecule has 2 aliphatic rings. The third-order valence-corrected chi connectivity index (χ3v) is 6.78. The molecule has 4 heteroatoms. The van der Waals surface area contributed by atoms with Crippen molar-refractivity contribution in [3.63, 3.8) is 0 Å². The van der Waals surface area contributed by atoms with Gasteiger partial charge in [-0.05, 0) is 56.2 Å². The van der Waals surface area contributed by atoms with Crippen molar-refractivity contribution >= 4 is 27.3 Å². The van der Waals surface area contributed by atoms with Gasteiger partial charge in [0.15, 0.2) is 5.43 Å². The van der Waals surface area contributed by atoms with E-state index in [-0.39, 0.29) is 11.3 Å². The number of amides is 1. The number of fused-ring (bicyclic) bond motifs is 2. The lowest BCUT2D eigenvalue weighted by Gasteiger charge is -2.23. The maximum Gasteiger partial charge on any atom is 0.253 e. The van der Waals surface area contributed by atoms with E-state index in [1.807, 2.05) is 23.1 Å². The van der Waals surface area contributed by atoms with Gasteiger partial charge in [-0.1, -0.05) is 13.3 Å². The Balaban J connectivity index is 1.76. The van der Waals surface area contributed by atoms with E-state index >= 15 is 0 Å². The summed E-state index contributed by atoms with van der Waals surface area (Å²) in [6.45, 7) is 3.94. The van der Waals surface area contributed by atoms with Crippen LogP contribution >= 0.6 is 11.3 Å².